The average Bonchev–Trinajstić information content (AvgIpc) is 1.79. The topological polar surface area (TPSA) is 77.8 Å². The smallest absolute Gasteiger partial charge is 0.343 e. The summed E-state index contributed by atoms with van der Waals surface area (Å²) in [7, 11) is -4.64. The molecule has 6 heteroatoms. The van der Waals surface area contributed by atoms with Crippen molar-refractivity contribution >= 4 is 7.82 Å². The number of rotatable bonds is 3. The molecule has 12 heavy (non-hydrogen) atoms. The van der Waals surface area contributed by atoms with E-state index in [-0.39, 0.29) is 51.4 Å². The standard InChI is InChI=1S/C6H13.K.H3O4P/c1-3-5-6-4-2;;1-5(2,3)4/h1,3-6H2,2H3;;(H3,1,2,3,4)/q-1;+1;. The van der Waals surface area contributed by atoms with Crippen LogP contribution in [0.1, 0.15) is 32.6 Å². The molecule has 0 aromatic rings. The van der Waals surface area contributed by atoms with E-state index >= 15 is 0 Å². The molecule has 0 atom stereocenters. The van der Waals surface area contributed by atoms with Crippen molar-refractivity contribution in [3.8, 4) is 0 Å². The molecule has 0 aliphatic rings. The summed E-state index contributed by atoms with van der Waals surface area (Å²) < 4.78 is 8.88. The van der Waals surface area contributed by atoms with Gasteiger partial charge in [-0.2, -0.15) is 6.42 Å². The summed E-state index contributed by atoms with van der Waals surface area (Å²) in [5, 5.41) is 0. The van der Waals surface area contributed by atoms with Gasteiger partial charge in [-0.25, -0.2) is 4.57 Å². The fourth-order valence-corrected chi connectivity index (χ4v) is 0.427. The van der Waals surface area contributed by atoms with Gasteiger partial charge in [0, 0.05) is 0 Å². The first kappa shape index (κ1) is 19.3. The number of unbranched alkanes of at least 4 members (excludes halogenated alkanes) is 3. The summed E-state index contributed by atoms with van der Waals surface area (Å²) in [5.41, 5.74) is 0. The van der Waals surface area contributed by atoms with E-state index in [1.54, 1.807) is 0 Å². The van der Waals surface area contributed by atoms with E-state index in [0.717, 1.165) is 6.42 Å². The average molecular weight is 222 g/mol. The van der Waals surface area contributed by atoms with Gasteiger partial charge in [-0.1, -0.05) is 26.2 Å². The van der Waals surface area contributed by atoms with Gasteiger partial charge < -0.3 is 21.6 Å². The van der Waals surface area contributed by atoms with Crippen molar-refractivity contribution in [2.45, 2.75) is 32.6 Å². The Morgan fingerprint density at radius 1 is 1.25 bits per heavy atom. The maximum atomic E-state index is 8.88. The van der Waals surface area contributed by atoms with Crippen LogP contribution in [-0.2, 0) is 4.57 Å². The number of phosphoric acid groups is 1. The van der Waals surface area contributed by atoms with Crippen molar-refractivity contribution < 1.29 is 70.6 Å². The fourth-order valence-electron chi connectivity index (χ4n) is 0.427. The molecule has 4 nitrogen and oxygen atoms in total. The van der Waals surface area contributed by atoms with Gasteiger partial charge in [-0.05, 0) is 0 Å². The zero-order chi connectivity index (χ0) is 9.33. The summed E-state index contributed by atoms with van der Waals surface area (Å²) in [6.45, 7) is 5.93. The van der Waals surface area contributed by atoms with Gasteiger partial charge in [0.15, 0.2) is 0 Å². The van der Waals surface area contributed by atoms with Crippen LogP contribution in [0.25, 0.3) is 0 Å². The fraction of sp³-hybridized carbons (Fsp3) is 0.833. The van der Waals surface area contributed by atoms with E-state index in [1.165, 1.54) is 19.3 Å². The summed E-state index contributed by atoms with van der Waals surface area (Å²) >= 11 is 0. The first-order valence-corrected chi connectivity index (χ1v) is 5.05. The van der Waals surface area contributed by atoms with Crippen LogP contribution in [0.3, 0.4) is 0 Å². The molecule has 0 saturated carbocycles. The van der Waals surface area contributed by atoms with Crippen LogP contribution in [0.15, 0.2) is 0 Å². The van der Waals surface area contributed by atoms with Gasteiger partial charge in [0.05, 0.1) is 0 Å². The maximum Gasteiger partial charge on any atom is 1.00 e. The molecule has 70 valence electrons. The molecule has 0 heterocycles. The minimum absolute atomic E-state index is 0. The van der Waals surface area contributed by atoms with Crippen molar-refractivity contribution in [2.24, 2.45) is 0 Å². The minimum atomic E-state index is -4.64. The molecular formula is C6H16KO4P. The summed E-state index contributed by atoms with van der Waals surface area (Å²) in [6, 6.07) is 0. The van der Waals surface area contributed by atoms with E-state index in [2.05, 4.69) is 13.8 Å². The summed E-state index contributed by atoms with van der Waals surface area (Å²) in [6.07, 6.45) is 5.07. The molecule has 0 unspecified atom stereocenters. The molecule has 0 aliphatic carbocycles. The van der Waals surface area contributed by atoms with Crippen molar-refractivity contribution in [3.05, 3.63) is 6.92 Å². The van der Waals surface area contributed by atoms with Crippen molar-refractivity contribution in [3.63, 3.8) is 0 Å². The van der Waals surface area contributed by atoms with Crippen LogP contribution in [0.5, 0.6) is 0 Å². The second kappa shape index (κ2) is 12.7. The van der Waals surface area contributed by atoms with Crippen LogP contribution in [0, 0.1) is 6.92 Å². The largest absolute Gasteiger partial charge is 1.00 e. The maximum absolute atomic E-state index is 8.88. The zero-order valence-electron chi connectivity index (χ0n) is 7.73. The van der Waals surface area contributed by atoms with Gasteiger partial charge in [-0.15, -0.1) is 0 Å². The Morgan fingerprint density at radius 2 is 1.58 bits per heavy atom. The van der Waals surface area contributed by atoms with E-state index in [0.29, 0.717) is 0 Å². The van der Waals surface area contributed by atoms with E-state index in [1.807, 2.05) is 0 Å². The van der Waals surface area contributed by atoms with E-state index in [9.17, 15) is 0 Å². The van der Waals surface area contributed by atoms with E-state index < -0.39 is 7.82 Å². The van der Waals surface area contributed by atoms with Gasteiger partial charge in [0.2, 0.25) is 0 Å². The third kappa shape index (κ3) is 60.2. The molecule has 0 saturated heterocycles. The Kier molecular flexibility index (Phi) is 20.5. The van der Waals surface area contributed by atoms with Crippen LogP contribution in [-0.4, -0.2) is 14.7 Å². The normalized spacial score (nSPS) is 9.42. The Morgan fingerprint density at radius 3 is 1.67 bits per heavy atom. The quantitative estimate of drug-likeness (QED) is 0.234. The van der Waals surface area contributed by atoms with Gasteiger partial charge >= 0.3 is 59.2 Å². The second-order valence-electron chi connectivity index (χ2n) is 2.07. The number of hydrogen-bond donors (Lipinski definition) is 3. The Hall–Kier alpha value is 1.75. The molecule has 0 radical (unpaired) electrons. The Labute approximate surface area is 116 Å². The van der Waals surface area contributed by atoms with Crippen LogP contribution >= 0.6 is 7.82 Å². The molecule has 0 aromatic heterocycles. The minimum Gasteiger partial charge on any atom is -0.343 e. The molecular weight excluding hydrogens is 206 g/mol. The Balaban J connectivity index is -0.000000126. The van der Waals surface area contributed by atoms with Crippen LogP contribution < -0.4 is 51.4 Å². The van der Waals surface area contributed by atoms with Crippen molar-refractivity contribution in [1.29, 1.82) is 0 Å². The van der Waals surface area contributed by atoms with Crippen molar-refractivity contribution in [2.75, 3.05) is 0 Å². The molecule has 0 fully saturated rings. The second-order valence-corrected chi connectivity index (χ2v) is 3.10. The number of hydrogen-bond acceptors (Lipinski definition) is 1. The molecule has 0 aromatic carbocycles. The molecule has 0 aliphatic heterocycles. The van der Waals surface area contributed by atoms with Crippen LogP contribution in [0.2, 0.25) is 0 Å². The summed E-state index contributed by atoms with van der Waals surface area (Å²) in [4.78, 5) is 21.6. The third-order valence-corrected chi connectivity index (χ3v) is 0.854. The first-order chi connectivity index (χ1) is 4.91. The van der Waals surface area contributed by atoms with Gasteiger partial charge in [0.1, 0.15) is 0 Å². The van der Waals surface area contributed by atoms with Crippen molar-refractivity contribution in [1.82, 2.24) is 0 Å². The summed E-state index contributed by atoms with van der Waals surface area (Å²) in [5.74, 6) is 0. The SMILES string of the molecule is O=P(O)(O)O.[CH2-]CCCCC.[K+]. The first-order valence-electron chi connectivity index (χ1n) is 3.49. The van der Waals surface area contributed by atoms with E-state index in [4.69, 9.17) is 19.2 Å². The predicted molar refractivity (Wildman–Crippen MR) is 43.8 cm³/mol. The Bertz CT molecular complexity index is 102. The monoisotopic (exact) mass is 222 g/mol. The zero-order valence-corrected chi connectivity index (χ0v) is 11.8. The van der Waals surface area contributed by atoms with Gasteiger partial charge in [0.25, 0.3) is 0 Å². The predicted octanol–water partition coefficient (Wildman–Crippen LogP) is -1.52. The molecule has 0 spiro atoms. The third-order valence-electron chi connectivity index (χ3n) is 0.854. The molecule has 0 amide bonds. The van der Waals surface area contributed by atoms with Crippen LogP contribution in [0.4, 0.5) is 0 Å². The molecule has 3 N–H and O–H groups in total. The molecule has 0 bridgehead atoms. The van der Waals surface area contributed by atoms with Gasteiger partial charge in [-0.3, -0.25) is 0 Å². The molecule has 0 rings (SSSR count).